The standard InChI is InChI=1S/C10H7Cl3F3NO3S/c11-5-1-2-6(21(13,19)20)8(12)7(5)9(18)17-4-3-10(14,15)16/h1-2H,3-4H2,(H,17,18). The van der Waals surface area contributed by atoms with E-state index in [2.05, 4.69) is 0 Å². The van der Waals surface area contributed by atoms with Gasteiger partial charge in [0.15, 0.2) is 0 Å². The highest BCUT2D eigenvalue weighted by molar-refractivity contribution is 8.13. The van der Waals surface area contributed by atoms with Gasteiger partial charge in [0.05, 0.1) is 22.0 Å². The van der Waals surface area contributed by atoms with Crippen LogP contribution in [0.2, 0.25) is 10.0 Å². The van der Waals surface area contributed by atoms with Gasteiger partial charge in [0.1, 0.15) is 4.90 Å². The molecule has 1 rings (SSSR count). The molecule has 21 heavy (non-hydrogen) atoms. The lowest BCUT2D eigenvalue weighted by Gasteiger charge is -2.11. The summed E-state index contributed by atoms with van der Waals surface area (Å²) in [4.78, 5) is 11.2. The molecule has 11 heteroatoms. The number of hydrogen-bond acceptors (Lipinski definition) is 3. The van der Waals surface area contributed by atoms with Gasteiger partial charge in [0, 0.05) is 17.2 Å². The van der Waals surface area contributed by atoms with Crippen molar-refractivity contribution >= 4 is 48.8 Å². The van der Waals surface area contributed by atoms with E-state index in [1.165, 1.54) is 0 Å². The zero-order valence-corrected chi connectivity index (χ0v) is 13.1. The van der Waals surface area contributed by atoms with Gasteiger partial charge in [0.2, 0.25) is 0 Å². The number of nitrogens with one attached hydrogen (secondary N) is 1. The number of carbonyl (C=O) groups is 1. The van der Waals surface area contributed by atoms with Crippen molar-refractivity contribution < 1.29 is 26.4 Å². The van der Waals surface area contributed by atoms with Crippen LogP contribution in [0.3, 0.4) is 0 Å². The predicted molar refractivity (Wildman–Crippen MR) is 72.5 cm³/mol. The Morgan fingerprint density at radius 1 is 1.24 bits per heavy atom. The molecule has 0 aliphatic rings. The van der Waals surface area contributed by atoms with Crippen molar-refractivity contribution in [1.29, 1.82) is 0 Å². The highest BCUT2D eigenvalue weighted by Gasteiger charge is 2.28. The summed E-state index contributed by atoms with van der Waals surface area (Å²) in [5.41, 5.74) is -0.456. The van der Waals surface area contributed by atoms with Crippen LogP contribution >= 0.6 is 33.9 Å². The minimum atomic E-state index is -4.44. The summed E-state index contributed by atoms with van der Waals surface area (Å²) in [7, 11) is 0.893. The van der Waals surface area contributed by atoms with Gasteiger partial charge in [0.25, 0.3) is 15.0 Å². The Morgan fingerprint density at radius 3 is 2.29 bits per heavy atom. The van der Waals surface area contributed by atoms with E-state index in [-0.39, 0.29) is 5.02 Å². The Hall–Kier alpha value is -0.700. The molecular weight excluding hydrogens is 378 g/mol. The van der Waals surface area contributed by atoms with Crippen LogP contribution in [0, 0.1) is 0 Å². The largest absolute Gasteiger partial charge is 0.390 e. The number of alkyl halides is 3. The van der Waals surface area contributed by atoms with Gasteiger partial charge >= 0.3 is 6.18 Å². The van der Waals surface area contributed by atoms with Gasteiger partial charge in [-0.1, -0.05) is 23.2 Å². The number of hydrogen-bond donors (Lipinski definition) is 1. The van der Waals surface area contributed by atoms with Crippen molar-refractivity contribution in [2.24, 2.45) is 0 Å². The van der Waals surface area contributed by atoms with Gasteiger partial charge in [-0.15, -0.1) is 0 Å². The summed E-state index contributed by atoms with van der Waals surface area (Å²) >= 11 is 11.4. The molecule has 0 aliphatic heterocycles. The second-order valence-electron chi connectivity index (χ2n) is 3.79. The summed E-state index contributed by atoms with van der Waals surface area (Å²) in [5.74, 6) is -1.03. The fourth-order valence-electron chi connectivity index (χ4n) is 1.34. The highest BCUT2D eigenvalue weighted by atomic mass is 35.7. The molecule has 118 valence electrons. The third-order valence-electron chi connectivity index (χ3n) is 2.24. The molecular formula is C10H7Cl3F3NO3S. The van der Waals surface area contributed by atoms with Crippen LogP contribution < -0.4 is 5.32 Å². The molecule has 0 saturated heterocycles. The van der Waals surface area contributed by atoms with E-state index in [1.807, 2.05) is 5.32 Å². The Bertz CT molecular complexity index is 661. The van der Waals surface area contributed by atoms with Crippen molar-refractivity contribution in [3.63, 3.8) is 0 Å². The number of amides is 1. The van der Waals surface area contributed by atoms with Gasteiger partial charge < -0.3 is 5.32 Å². The van der Waals surface area contributed by atoms with Crippen molar-refractivity contribution in [1.82, 2.24) is 5.32 Å². The second kappa shape index (κ2) is 6.60. The number of carbonyl (C=O) groups excluding carboxylic acids is 1. The Labute approximate surface area is 132 Å². The number of halogens is 6. The lowest BCUT2D eigenvalue weighted by molar-refractivity contribution is -0.132. The molecule has 1 aromatic carbocycles. The van der Waals surface area contributed by atoms with Gasteiger partial charge in [-0.2, -0.15) is 13.2 Å². The summed E-state index contributed by atoms with van der Waals surface area (Å²) in [5, 5.41) is 1.18. The van der Waals surface area contributed by atoms with Crippen molar-refractivity contribution in [2.75, 3.05) is 6.54 Å². The minimum absolute atomic E-state index is 0.214. The summed E-state index contributed by atoms with van der Waals surface area (Å²) in [6.45, 7) is -0.702. The first-order chi connectivity index (χ1) is 9.43. The van der Waals surface area contributed by atoms with Crippen LogP contribution in [0.1, 0.15) is 16.8 Å². The van der Waals surface area contributed by atoms with Gasteiger partial charge in [-0.05, 0) is 12.1 Å². The van der Waals surface area contributed by atoms with Crippen LogP contribution in [-0.2, 0) is 9.05 Å². The lowest BCUT2D eigenvalue weighted by Crippen LogP contribution is -2.28. The zero-order chi connectivity index (χ0) is 16.4. The fraction of sp³-hybridized carbons (Fsp3) is 0.300. The minimum Gasteiger partial charge on any atom is -0.352 e. The molecule has 0 fully saturated rings. The normalized spacial score (nSPS) is 12.3. The van der Waals surface area contributed by atoms with Crippen molar-refractivity contribution in [2.45, 2.75) is 17.5 Å². The Morgan fingerprint density at radius 2 is 1.81 bits per heavy atom. The van der Waals surface area contributed by atoms with E-state index in [9.17, 15) is 26.4 Å². The molecule has 1 N–H and O–H groups in total. The first-order valence-electron chi connectivity index (χ1n) is 5.21. The predicted octanol–water partition coefficient (Wildman–Crippen LogP) is 3.60. The smallest absolute Gasteiger partial charge is 0.352 e. The fourth-order valence-corrected chi connectivity index (χ4v) is 3.23. The maximum atomic E-state index is 12.0. The van der Waals surface area contributed by atoms with E-state index >= 15 is 0 Å². The van der Waals surface area contributed by atoms with Crippen LogP contribution in [0.5, 0.6) is 0 Å². The van der Waals surface area contributed by atoms with Crippen LogP contribution in [0.15, 0.2) is 17.0 Å². The van der Waals surface area contributed by atoms with Crippen molar-refractivity contribution in [3.8, 4) is 0 Å². The average molecular weight is 385 g/mol. The first kappa shape index (κ1) is 18.3. The van der Waals surface area contributed by atoms with E-state index in [1.54, 1.807) is 0 Å². The maximum absolute atomic E-state index is 12.0. The maximum Gasteiger partial charge on any atom is 0.390 e. The Balaban J connectivity index is 3.05. The Kier molecular flexibility index (Phi) is 5.76. The third-order valence-corrected chi connectivity index (χ3v) is 4.42. The molecule has 0 bridgehead atoms. The van der Waals surface area contributed by atoms with Crippen LogP contribution in [0.4, 0.5) is 13.2 Å². The monoisotopic (exact) mass is 383 g/mol. The summed E-state index contributed by atoms with van der Waals surface area (Å²) < 4.78 is 58.4. The van der Waals surface area contributed by atoms with E-state index in [4.69, 9.17) is 33.9 Å². The molecule has 0 heterocycles. The molecule has 0 spiro atoms. The second-order valence-corrected chi connectivity index (χ2v) is 7.11. The van der Waals surface area contributed by atoms with E-state index in [0.29, 0.717) is 0 Å². The molecule has 0 aromatic heterocycles. The topological polar surface area (TPSA) is 63.2 Å². The highest BCUT2D eigenvalue weighted by Crippen LogP contribution is 2.32. The zero-order valence-electron chi connectivity index (χ0n) is 9.97. The molecule has 4 nitrogen and oxygen atoms in total. The lowest BCUT2D eigenvalue weighted by atomic mass is 10.2. The van der Waals surface area contributed by atoms with Crippen LogP contribution in [0.25, 0.3) is 0 Å². The molecule has 0 aliphatic carbocycles. The van der Waals surface area contributed by atoms with E-state index in [0.717, 1.165) is 12.1 Å². The van der Waals surface area contributed by atoms with Crippen molar-refractivity contribution in [3.05, 3.63) is 27.7 Å². The molecule has 1 aromatic rings. The first-order valence-corrected chi connectivity index (χ1v) is 8.27. The number of rotatable bonds is 4. The molecule has 1 amide bonds. The van der Waals surface area contributed by atoms with Gasteiger partial charge in [-0.25, -0.2) is 8.42 Å². The van der Waals surface area contributed by atoms with Gasteiger partial charge in [-0.3, -0.25) is 4.79 Å². The number of benzene rings is 1. The molecule has 0 unspecified atom stereocenters. The summed E-state index contributed by atoms with van der Waals surface area (Å²) in [6.07, 6.45) is -5.69. The summed E-state index contributed by atoms with van der Waals surface area (Å²) in [6, 6.07) is 2.04. The average Bonchev–Trinajstić information content (AvgIpc) is 2.25. The SMILES string of the molecule is O=C(NCCC(F)(F)F)c1c(Cl)ccc(S(=O)(=O)Cl)c1Cl. The molecule has 0 atom stereocenters. The van der Waals surface area contributed by atoms with E-state index < -0.39 is 49.6 Å². The third kappa shape index (κ3) is 5.21. The van der Waals surface area contributed by atoms with Crippen LogP contribution in [-0.4, -0.2) is 27.0 Å². The quantitative estimate of drug-likeness (QED) is 0.807. The molecule has 0 radical (unpaired) electrons. The molecule has 0 saturated carbocycles.